The Labute approximate surface area is 178 Å². The lowest BCUT2D eigenvalue weighted by Crippen LogP contribution is -2.13. The van der Waals surface area contributed by atoms with E-state index in [2.05, 4.69) is 20.7 Å². The van der Waals surface area contributed by atoms with Crippen molar-refractivity contribution in [1.29, 1.82) is 0 Å². The standard InChI is InChI=1S/C18H12BrClN2O6S/c19-12-7-9(6-11-17-15(23)2-1-3-16(17)28-18(11)12)21-29(26,27)10-4-5-13(20)14(8-10)22(24)25/h4-8,21H,1-3H2. The number of aryl methyl sites for hydroxylation is 1. The number of carbonyl (C=O) groups excluding carboxylic acids is 1. The molecule has 0 bridgehead atoms. The summed E-state index contributed by atoms with van der Waals surface area (Å²) in [5, 5.41) is 11.4. The van der Waals surface area contributed by atoms with Gasteiger partial charge in [0.1, 0.15) is 16.4 Å². The molecular formula is C18H12BrClN2O6S. The van der Waals surface area contributed by atoms with E-state index in [-0.39, 0.29) is 21.4 Å². The van der Waals surface area contributed by atoms with Crippen LogP contribution in [0.25, 0.3) is 11.0 Å². The molecule has 11 heteroatoms. The fourth-order valence-electron chi connectivity index (χ4n) is 3.30. The molecule has 0 radical (unpaired) electrons. The number of benzene rings is 2. The van der Waals surface area contributed by atoms with Crippen LogP contribution in [0, 0.1) is 10.1 Å². The average Bonchev–Trinajstić information content (AvgIpc) is 3.02. The molecule has 2 aromatic carbocycles. The van der Waals surface area contributed by atoms with Crippen molar-refractivity contribution in [3.8, 4) is 0 Å². The highest BCUT2D eigenvalue weighted by Gasteiger charge is 2.27. The first-order chi connectivity index (χ1) is 13.7. The smallest absolute Gasteiger partial charge is 0.289 e. The van der Waals surface area contributed by atoms with Gasteiger partial charge in [-0.1, -0.05) is 11.6 Å². The molecule has 150 valence electrons. The van der Waals surface area contributed by atoms with E-state index in [9.17, 15) is 23.3 Å². The molecule has 0 saturated heterocycles. The van der Waals surface area contributed by atoms with Crippen LogP contribution in [0.2, 0.25) is 5.02 Å². The van der Waals surface area contributed by atoms with E-state index < -0.39 is 20.6 Å². The van der Waals surface area contributed by atoms with Crippen LogP contribution in [-0.4, -0.2) is 19.1 Å². The van der Waals surface area contributed by atoms with Crippen LogP contribution >= 0.6 is 27.5 Å². The van der Waals surface area contributed by atoms with Gasteiger partial charge in [-0.05, 0) is 46.6 Å². The third-order valence-electron chi connectivity index (χ3n) is 4.58. The Balaban J connectivity index is 1.78. The van der Waals surface area contributed by atoms with Crippen LogP contribution in [0.5, 0.6) is 0 Å². The first-order valence-corrected chi connectivity index (χ1v) is 11.1. The van der Waals surface area contributed by atoms with Crippen molar-refractivity contribution in [2.45, 2.75) is 24.2 Å². The monoisotopic (exact) mass is 498 g/mol. The molecule has 3 aromatic rings. The molecule has 29 heavy (non-hydrogen) atoms. The molecule has 4 rings (SSSR count). The van der Waals surface area contributed by atoms with E-state index in [0.29, 0.717) is 46.0 Å². The van der Waals surface area contributed by atoms with E-state index >= 15 is 0 Å². The van der Waals surface area contributed by atoms with Gasteiger partial charge >= 0.3 is 0 Å². The van der Waals surface area contributed by atoms with Gasteiger partial charge in [0.2, 0.25) is 0 Å². The highest BCUT2D eigenvalue weighted by Crippen LogP contribution is 2.38. The number of sulfonamides is 1. The quantitative estimate of drug-likeness (QED) is 0.395. The maximum absolute atomic E-state index is 12.7. The van der Waals surface area contributed by atoms with Gasteiger partial charge in [-0.2, -0.15) is 0 Å². The highest BCUT2D eigenvalue weighted by atomic mass is 79.9. The molecular weight excluding hydrogens is 488 g/mol. The summed E-state index contributed by atoms with van der Waals surface area (Å²) < 4.78 is 34.1. The largest absolute Gasteiger partial charge is 0.459 e. The Bertz CT molecular complexity index is 1300. The number of anilines is 1. The molecule has 0 aliphatic heterocycles. The van der Waals surface area contributed by atoms with Gasteiger partial charge in [-0.3, -0.25) is 19.6 Å². The van der Waals surface area contributed by atoms with Crippen molar-refractivity contribution >= 4 is 65.7 Å². The van der Waals surface area contributed by atoms with Gasteiger partial charge in [0.15, 0.2) is 5.78 Å². The zero-order chi connectivity index (χ0) is 20.9. The number of furan rings is 1. The number of hydrogen-bond donors (Lipinski definition) is 1. The molecule has 1 aromatic heterocycles. The van der Waals surface area contributed by atoms with Crippen molar-refractivity contribution < 1.29 is 22.6 Å². The second-order valence-electron chi connectivity index (χ2n) is 6.49. The normalized spacial score (nSPS) is 14.1. The van der Waals surface area contributed by atoms with E-state index in [1.54, 1.807) is 0 Å². The number of ketones is 1. The SMILES string of the molecule is O=C1CCCc2oc3c(Br)cc(NS(=O)(=O)c4ccc(Cl)c([N+](=O)[O-])c4)cc3c21. The maximum atomic E-state index is 12.7. The molecule has 1 aliphatic rings. The van der Waals surface area contributed by atoms with Gasteiger partial charge in [0.05, 0.1) is 25.5 Å². The van der Waals surface area contributed by atoms with E-state index in [1.807, 2.05) is 0 Å². The van der Waals surface area contributed by atoms with Gasteiger partial charge < -0.3 is 4.42 Å². The minimum Gasteiger partial charge on any atom is -0.459 e. The number of Topliss-reactive ketones (excluding diaryl/α,β-unsaturated/α-hetero) is 1. The summed E-state index contributed by atoms with van der Waals surface area (Å²) in [4.78, 5) is 22.3. The number of nitro benzene ring substituents is 1. The predicted octanol–water partition coefficient (Wildman–Crippen LogP) is 5.08. The molecule has 0 amide bonds. The maximum Gasteiger partial charge on any atom is 0.289 e. The Morgan fingerprint density at radius 3 is 2.69 bits per heavy atom. The molecule has 0 spiro atoms. The second kappa shape index (κ2) is 7.12. The van der Waals surface area contributed by atoms with Crippen LogP contribution < -0.4 is 4.72 Å². The van der Waals surface area contributed by atoms with E-state index in [1.165, 1.54) is 18.2 Å². The lowest BCUT2D eigenvalue weighted by atomic mass is 9.94. The number of carbonyl (C=O) groups is 1. The van der Waals surface area contributed by atoms with Crippen LogP contribution in [0.4, 0.5) is 11.4 Å². The van der Waals surface area contributed by atoms with Gasteiger partial charge in [0.25, 0.3) is 15.7 Å². The van der Waals surface area contributed by atoms with Crippen molar-refractivity contribution in [2.24, 2.45) is 0 Å². The zero-order valence-corrected chi connectivity index (χ0v) is 17.7. The summed E-state index contributed by atoms with van der Waals surface area (Å²) in [7, 11) is -4.14. The molecule has 1 aliphatic carbocycles. The van der Waals surface area contributed by atoms with E-state index in [4.69, 9.17) is 16.0 Å². The molecule has 0 atom stereocenters. The van der Waals surface area contributed by atoms with Crippen molar-refractivity contribution in [3.63, 3.8) is 0 Å². The molecule has 0 saturated carbocycles. The van der Waals surface area contributed by atoms with E-state index in [0.717, 1.165) is 12.1 Å². The predicted molar refractivity (Wildman–Crippen MR) is 110 cm³/mol. The number of nitrogens with one attached hydrogen (secondary N) is 1. The number of halogens is 2. The topological polar surface area (TPSA) is 120 Å². The molecule has 1 N–H and O–H groups in total. The molecule has 1 heterocycles. The van der Waals surface area contributed by atoms with Crippen molar-refractivity contribution in [3.05, 3.63) is 61.3 Å². The minimum absolute atomic E-state index is 0.0507. The number of fused-ring (bicyclic) bond motifs is 3. The first kappa shape index (κ1) is 19.9. The Hall–Kier alpha value is -2.43. The average molecular weight is 500 g/mol. The fourth-order valence-corrected chi connectivity index (χ4v) is 5.08. The summed E-state index contributed by atoms with van der Waals surface area (Å²) in [6.07, 6.45) is 1.75. The molecule has 0 fully saturated rings. The Kier molecular flexibility index (Phi) is 4.88. The Morgan fingerprint density at radius 2 is 1.97 bits per heavy atom. The molecule has 0 unspecified atom stereocenters. The van der Waals surface area contributed by atoms with Crippen LogP contribution in [-0.2, 0) is 16.4 Å². The van der Waals surface area contributed by atoms with Crippen molar-refractivity contribution in [1.82, 2.24) is 0 Å². The zero-order valence-electron chi connectivity index (χ0n) is 14.6. The summed E-state index contributed by atoms with van der Waals surface area (Å²) in [6, 6.07) is 6.24. The summed E-state index contributed by atoms with van der Waals surface area (Å²) in [5.41, 5.74) is 0.607. The summed E-state index contributed by atoms with van der Waals surface area (Å²) in [5.74, 6) is 0.538. The number of nitro groups is 1. The lowest BCUT2D eigenvalue weighted by Gasteiger charge is -2.10. The van der Waals surface area contributed by atoms with Crippen molar-refractivity contribution in [2.75, 3.05) is 4.72 Å². The second-order valence-corrected chi connectivity index (χ2v) is 9.43. The fraction of sp³-hybridized carbons (Fsp3) is 0.167. The van der Waals surface area contributed by atoms with Gasteiger partial charge in [-0.15, -0.1) is 0 Å². The van der Waals surface area contributed by atoms with Crippen LogP contribution in [0.3, 0.4) is 0 Å². The summed E-state index contributed by atoms with van der Waals surface area (Å²) >= 11 is 9.10. The molecule has 8 nitrogen and oxygen atoms in total. The van der Waals surface area contributed by atoms with Crippen LogP contribution in [0.15, 0.2) is 44.1 Å². The minimum atomic E-state index is -4.14. The number of hydrogen-bond acceptors (Lipinski definition) is 6. The summed E-state index contributed by atoms with van der Waals surface area (Å²) in [6.45, 7) is 0. The third kappa shape index (κ3) is 3.52. The van der Waals surface area contributed by atoms with Crippen LogP contribution in [0.1, 0.15) is 29.0 Å². The number of rotatable bonds is 4. The van der Waals surface area contributed by atoms with Gasteiger partial charge in [0, 0.05) is 24.3 Å². The third-order valence-corrected chi connectivity index (χ3v) is 6.87. The highest BCUT2D eigenvalue weighted by molar-refractivity contribution is 9.10. The number of nitrogens with zero attached hydrogens (tertiary/aromatic N) is 1. The lowest BCUT2D eigenvalue weighted by molar-refractivity contribution is -0.384. The Morgan fingerprint density at radius 1 is 1.21 bits per heavy atom. The van der Waals surface area contributed by atoms with Gasteiger partial charge in [-0.25, -0.2) is 8.42 Å². The first-order valence-electron chi connectivity index (χ1n) is 8.42.